The van der Waals surface area contributed by atoms with Gasteiger partial charge in [-0.25, -0.2) is 9.37 Å². The zero-order chi connectivity index (χ0) is 14.8. The Morgan fingerprint density at radius 3 is 2.71 bits per heavy atom. The number of carbonyl (C=O) groups excluding carboxylic acids is 1. The Labute approximate surface area is 121 Å². The van der Waals surface area contributed by atoms with Crippen LogP contribution in [0.5, 0.6) is 0 Å². The Balaban J connectivity index is 1.71. The van der Waals surface area contributed by atoms with Crippen molar-refractivity contribution >= 4 is 17.2 Å². The molecule has 1 aromatic carbocycles. The van der Waals surface area contributed by atoms with Crippen molar-refractivity contribution in [2.24, 2.45) is 0 Å². The molecule has 0 bridgehead atoms. The first-order valence-corrected chi connectivity index (χ1v) is 6.60. The first-order chi connectivity index (χ1) is 10.1. The van der Waals surface area contributed by atoms with Crippen molar-refractivity contribution in [3.05, 3.63) is 65.9 Å². The summed E-state index contributed by atoms with van der Waals surface area (Å²) in [6.45, 7) is 1.92. The highest BCUT2D eigenvalue weighted by atomic mass is 19.1. The Kier molecular flexibility index (Phi) is 3.39. The summed E-state index contributed by atoms with van der Waals surface area (Å²) in [5, 5.41) is 2.83. The van der Waals surface area contributed by atoms with Crippen molar-refractivity contribution in [2.45, 2.75) is 13.3 Å². The number of amides is 1. The minimum atomic E-state index is -0.305. The third-order valence-electron chi connectivity index (χ3n) is 3.13. The smallest absolute Gasteiger partial charge is 0.228 e. The summed E-state index contributed by atoms with van der Waals surface area (Å²) >= 11 is 0. The highest BCUT2D eigenvalue weighted by molar-refractivity contribution is 5.92. The van der Waals surface area contributed by atoms with Crippen molar-refractivity contribution < 1.29 is 9.18 Å². The fourth-order valence-corrected chi connectivity index (χ4v) is 2.19. The maximum Gasteiger partial charge on any atom is 0.228 e. The minimum Gasteiger partial charge on any atom is -0.324 e. The number of hydrogen-bond acceptors (Lipinski definition) is 2. The van der Waals surface area contributed by atoms with E-state index in [0.717, 1.165) is 16.9 Å². The molecule has 2 aromatic heterocycles. The molecule has 3 aromatic rings. The zero-order valence-corrected chi connectivity index (χ0v) is 11.5. The van der Waals surface area contributed by atoms with Crippen LogP contribution in [-0.4, -0.2) is 15.3 Å². The number of carbonyl (C=O) groups is 1. The molecule has 1 N–H and O–H groups in total. The van der Waals surface area contributed by atoms with E-state index >= 15 is 0 Å². The maximum atomic E-state index is 12.8. The minimum absolute atomic E-state index is 0.141. The number of hydrogen-bond donors (Lipinski definition) is 1. The first kappa shape index (κ1) is 13.3. The van der Waals surface area contributed by atoms with Crippen LogP contribution in [0.3, 0.4) is 0 Å². The van der Waals surface area contributed by atoms with Crippen LogP contribution in [0.4, 0.5) is 10.1 Å². The Morgan fingerprint density at radius 1 is 1.19 bits per heavy atom. The predicted octanol–water partition coefficient (Wildman–Crippen LogP) is 2.96. The molecule has 0 fully saturated rings. The number of anilines is 1. The Bertz CT molecular complexity index is 793. The quantitative estimate of drug-likeness (QED) is 0.803. The third kappa shape index (κ3) is 3.08. The molecule has 1 amide bonds. The lowest BCUT2D eigenvalue weighted by Crippen LogP contribution is -2.14. The highest BCUT2D eigenvalue weighted by Gasteiger charge is 2.06. The second kappa shape index (κ2) is 5.36. The second-order valence-corrected chi connectivity index (χ2v) is 4.92. The summed E-state index contributed by atoms with van der Waals surface area (Å²) < 4.78 is 14.7. The van der Waals surface area contributed by atoms with Crippen LogP contribution in [0.25, 0.3) is 5.65 Å². The van der Waals surface area contributed by atoms with Crippen LogP contribution in [0, 0.1) is 12.7 Å². The fourth-order valence-electron chi connectivity index (χ4n) is 2.19. The average Bonchev–Trinajstić information content (AvgIpc) is 2.80. The molecule has 2 heterocycles. The summed E-state index contributed by atoms with van der Waals surface area (Å²) in [4.78, 5) is 16.3. The lowest BCUT2D eigenvalue weighted by atomic mass is 10.1. The van der Waals surface area contributed by atoms with Gasteiger partial charge in [0.25, 0.3) is 0 Å². The molecule has 21 heavy (non-hydrogen) atoms. The molecule has 0 saturated carbocycles. The molecule has 3 rings (SSSR count). The number of halogens is 1. The maximum absolute atomic E-state index is 12.8. The monoisotopic (exact) mass is 283 g/mol. The van der Waals surface area contributed by atoms with Crippen LogP contribution >= 0.6 is 0 Å². The molecule has 0 aliphatic carbocycles. The van der Waals surface area contributed by atoms with Gasteiger partial charge in [-0.2, -0.15) is 0 Å². The number of pyridine rings is 1. The molecule has 0 saturated heterocycles. The summed E-state index contributed by atoms with van der Waals surface area (Å²) in [7, 11) is 0. The van der Waals surface area contributed by atoms with Crippen LogP contribution < -0.4 is 5.32 Å². The van der Waals surface area contributed by atoms with Crippen molar-refractivity contribution in [2.75, 3.05) is 5.32 Å². The summed E-state index contributed by atoms with van der Waals surface area (Å²) in [6, 6.07) is 9.57. The average molecular weight is 283 g/mol. The molecule has 0 spiro atoms. The predicted molar refractivity (Wildman–Crippen MR) is 78.7 cm³/mol. The molecule has 0 radical (unpaired) electrons. The lowest BCUT2D eigenvalue weighted by molar-refractivity contribution is -0.115. The number of nitrogens with zero attached hydrogens (tertiary/aromatic N) is 2. The highest BCUT2D eigenvalue weighted by Crippen LogP contribution is 2.12. The molecular weight excluding hydrogens is 269 g/mol. The molecule has 0 atom stereocenters. The fraction of sp³-hybridized carbons (Fsp3) is 0.125. The topological polar surface area (TPSA) is 46.4 Å². The van der Waals surface area contributed by atoms with E-state index in [1.807, 2.05) is 35.9 Å². The standard InChI is InChI=1S/C16H14FN3O/c1-11-9-20-10-14(6-7-15(20)18-11)19-16(21)8-12-2-4-13(17)5-3-12/h2-7,9-10H,8H2,1H3,(H,19,21). The van der Waals surface area contributed by atoms with Gasteiger partial charge in [0.1, 0.15) is 11.5 Å². The number of benzene rings is 1. The Morgan fingerprint density at radius 2 is 1.95 bits per heavy atom. The normalized spacial score (nSPS) is 10.8. The third-order valence-corrected chi connectivity index (χ3v) is 3.13. The molecule has 0 aliphatic heterocycles. The van der Waals surface area contributed by atoms with Gasteiger partial charge in [0.2, 0.25) is 5.91 Å². The number of aromatic nitrogens is 2. The molecular formula is C16H14FN3O. The lowest BCUT2D eigenvalue weighted by Gasteiger charge is -2.06. The van der Waals surface area contributed by atoms with Crippen molar-refractivity contribution in [1.82, 2.24) is 9.38 Å². The van der Waals surface area contributed by atoms with Gasteiger partial charge < -0.3 is 9.72 Å². The van der Waals surface area contributed by atoms with E-state index in [-0.39, 0.29) is 18.1 Å². The first-order valence-electron chi connectivity index (χ1n) is 6.60. The zero-order valence-electron chi connectivity index (χ0n) is 11.5. The van der Waals surface area contributed by atoms with Gasteiger partial charge in [-0.3, -0.25) is 4.79 Å². The number of nitrogens with one attached hydrogen (secondary N) is 1. The van der Waals surface area contributed by atoms with E-state index in [9.17, 15) is 9.18 Å². The number of rotatable bonds is 3. The van der Waals surface area contributed by atoms with E-state index in [0.29, 0.717) is 5.69 Å². The second-order valence-electron chi connectivity index (χ2n) is 4.92. The van der Waals surface area contributed by atoms with E-state index in [2.05, 4.69) is 10.3 Å². The van der Waals surface area contributed by atoms with Gasteiger partial charge in [0.05, 0.1) is 17.8 Å². The molecule has 4 nitrogen and oxygen atoms in total. The molecule has 0 aliphatic rings. The van der Waals surface area contributed by atoms with Crippen molar-refractivity contribution in [3.8, 4) is 0 Å². The van der Waals surface area contributed by atoms with Crippen LogP contribution in [0.15, 0.2) is 48.8 Å². The number of imidazole rings is 1. The summed E-state index contributed by atoms with van der Waals surface area (Å²) in [5.74, 6) is -0.446. The van der Waals surface area contributed by atoms with E-state index in [1.165, 1.54) is 12.1 Å². The number of fused-ring (bicyclic) bond motifs is 1. The largest absolute Gasteiger partial charge is 0.324 e. The van der Waals surface area contributed by atoms with Gasteiger partial charge >= 0.3 is 0 Å². The van der Waals surface area contributed by atoms with E-state index < -0.39 is 0 Å². The van der Waals surface area contributed by atoms with Gasteiger partial charge in [-0.05, 0) is 36.8 Å². The summed E-state index contributed by atoms with van der Waals surface area (Å²) in [6.07, 6.45) is 3.92. The molecule has 106 valence electrons. The van der Waals surface area contributed by atoms with E-state index in [4.69, 9.17) is 0 Å². The molecule has 0 unspecified atom stereocenters. The van der Waals surface area contributed by atoms with Crippen LogP contribution in [0.2, 0.25) is 0 Å². The van der Waals surface area contributed by atoms with Crippen LogP contribution in [0.1, 0.15) is 11.3 Å². The van der Waals surface area contributed by atoms with Crippen molar-refractivity contribution in [1.29, 1.82) is 0 Å². The van der Waals surface area contributed by atoms with Gasteiger partial charge in [0, 0.05) is 12.4 Å². The SMILES string of the molecule is Cc1cn2cc(NC(=O)Cc3ccc(F)cc3)ccc2n1. The van der Waals surface area contributed by atoms with Crippen molar-refractivity contribution in [3.63, 3.8) is 0 Å². The Hall–Kier alpha value is -2.69. The summed E-state index contributed by atoms with van der Waals surface area (Å²) in [5.41, 5.74) is 3.23. The van der Waals surface area contributed by atoms with Crippen LogP contribution in [-0.2, 0) is 11.2 Å². The van der Waals surface area contributed by atoms with E-state index in [1.54, 1.807) is 12.1 Å². The van der Waals surface area contributed by atoms with Gasteiger partial charge in [-0.1, -0.05) is 12.1 Å². The van der Waals surface area contributed by atoms with Gasteiger partial charge in [-0.15, -0.1) is 0 Å². The van der Waals surface area contributed by atoms with Gasteiger partial charge in [0.15, 0.2) is 0 Å². The molecule has 5 heteroatoms. The number of aryl methyl sites for hydroxylation is 1.